The van der Waals surface area contributed by atoms with Crippen LogP contribution in [0.1, 0.15) is 19.8 Å². The van der Waals surface area contributed by atoms with E-state index in [1.807, 2.05) is 19.1 Å². The molecule has 35 heavy (non-hydrogen) atoms. The lowest BCUT2D eigenvalue weighted by atomic mass is 9.78. The first kappa shape index (κ1) is 23.6. The van der Waals surface area contributed by atoms with Gasteiger partial charge >= 0.3 is 5.97 Å². The van der Waals surface area contributed by atoms with Crippen molar-refractivity contribution in [1.29, 1.82) is 0 Å². The maximum Gasteiger partial charge on any atom is 0.316 e. The molecule has 1 aliphatic carbocycles. The van der Waals surface area contributed by atoms with E-state index in [-0.39, 0.29) is 59.2 Å². The molecule has 9 heteroatoms. The van der Waals surface area contributed by atoms with Gasteiger partial charge in [0.15, 0.2) is 0 Å². The zero-order valence-corrected chi connectivity index (χ0v) is 20.3. The molecule has 180 valence electrons. The van der Waals surface area contributed by atoms with E-state index in [0.29, 0.717) is 22.8 Å². The molecule has 2 aliphatic heterocycles. The standard InChI is InChI=1S/C26H22Cl2N2O5/c1-14-4-2-5-18-22(14)25(33)30(24(18)32)16-8-10-17(11-9-16)35-26(34)15-12-21(31)29(13-15)20-7-3-6-19(27)23(20)28/h2-4,6-11,14-15,18,22H,5,12-13H2,1H3/t14-,15+,18+,22-/m1/s1. The van der Waals surface area contributed by atoms with Crippen LogP contribution in [-0.2, 0) is 19.2 Å². The molecule has 2 heterocycles. The Labute approximate surface area is 212 Å². The molecule has 0 bridgehead atoms. The van der Waals surface area contributed by atoms with Crippen LogP contribution in [0.25, 0.3) is 0 Å². The molecule has 4 atom stereocenters. The SMILES string of the molecule is C[C@@H]1C=CC[C@@H]2C(=O)N(c3ccc(OC(=O)[C@H]4CC(=O)N(c5cccc(Cl)c5Cl)C4)cc3)C(=O)[C@H]12. The number of halogens is 2. The number of allylic oxidation sites excluding steroid dienone is 2. The highest BCUT2D eigenvalue weighted by atomic mass is 35.5. The van der Waals surface area contributed by atoms with E-state index in [9.17, 15) is 19.2 Å². The van der Waals surface area contributed by atoms with Crippen molar-refractivity contribution in [2.75, 3.05) is 16.3 Å². The topological polar surface area (TPSA) is 84.0 Å². The van der Waals surface area contributed by atoms with Gasteiger partial charge in [-0.15, -0.1) is 0 Å². The second-order valence-electron chi connectivity index (χ2n) is 9.06. The molecule has 2 aromatic rings. The Kier molecular flexibility index (Phi) is 6.15. The van der Waals surface area contributed by atoms with Crippen molar-refractivity contribution in [3.63, 3.8) is 0 Å². The Bertz CT molecular complexity index is 1260. The fourth-order valence-corrected chi connectivity index (χ4v) is 5.46. The Morgan fingerprint density at radius 3 is 2.49 bits per heavy atom. The first-order chi connectivity index (χ1) is 16.8. The summed E-state index contributed by atoms with van der Waals surface area (Å²) in [6.07, 6.45) is 4.49. The van der Waals surface area contributed by atoms with Crippen LogP contribution in [-0.4, -0.2) is 30.2 Å². The summed E-state index contributed by atoms with van der Waals surface area (Å²) in [6, 6.07) is 11.2. The van der Waals surface area contributed by atoms with E-state index in [4.69, 9.17) is 27.9 Å². The predicted octanol–water partition coefficient (Wildman–Crippen LogP) is 4.65. The number of benzene rings is 2. The van der Waals surface area contributed by atoms with Crippen molar-refractivity contribution in [2.45, 2.75) is 19.8 Å². The molecule has 5 rings (SSSR count). The molecule has 2 saturated heterocycles. The van der Waals surface area contributed by atoms with E-state index in [0.717, 1.165) is 0 Å². The van der Waals surface area contributed by atoms with Crippen molar-refractivity contribution >= 4 is 58.3 Å². The lowest BCUT2D eigenvalue weighted by Crippen LogP contribution is -2.31. The number of rotatable bonds is 4. The van der Waals surface area contributed by atoms with Crippen LogP contribution in [0.2, 0.25) is 10.0 Å². The maximum atomic E-state index is 13.0. The van der Waals surface area contributed by atoms with Gasteiger partial charge in [0, 0.05) is 13.0 Å². The fourth-order valence-electron chi connectivity index (χ4n) is 5.06. The number of imide groups is 1. The van der Waals surface area contributed by atoms with Gasteiger partial charge in [-0.05, 0) is 48.7 Å². The van der Waals surface area contributed by atoms with Crippen molar-refractivity contribution in [2.24, 2.45) is 23.7 Å². The van der Waals surface area contributed by atoms with Crippen molar-refractivity contribution in [3.8, 4) is 5.75 Å². The molecule has 7 nitrogen and oxygen atoms in total. The number of anilines is 2. The first-order valence-electron chi connectivity index (χ1n) is 11.4. The zero-order valence-electron chi connectivity index (χ0n) is 18.8. The number of nitrogens with zero attached hydrogens (tertiary/aromatic N) is 2. The number of fused-ring (bicyclic) bond motifs is 1. The molecule has 0 radical (unpaired) electrons. The summed E-state index contributed by atoms with van der Waals surface area (Å²) in [6.45, 7) is 2.07. The Morgan fingerprint density at radius 2 is 1.77 bits per heavy atom. The molecular weight excluding hydrogens is 491 g/mol. The third-order valence-corrected chi connectivity index (χ3v) is 7.68. The second kappa shape index (κ2) is 9.13. The predicted molar refractivity (Wildman–Crippen MR) is 131 cm³/mol. The highest BCUT2D eigenvalue weighted by Crippen LogP contribution is 2.41. The maximum absolute atomic E-state index is 13.0. The number of ether oxygens (including phenoxy) is 1. The summed E-state index contributed by atoms with van der Waals surface area (Å²) in [5.41, 5.74) is 0.896. The van der Waals surface area contributed by atoms with Gasteiger partial charge in [0.25, 0.3) is 0 Å². The van der Waals surface area contributed by atoms with Gasteiger partial charge in [-0.2, -0.15) is 0 Å². The van der Waals surface area contributed by atoms with Gasteiger partial charge in [0.05, 0.1) is 39.2 Å². The van der Waals surface area contributed by atoms with E-state index < -0.39 is 11.9 Å². The summed E-state index contributed by atoms with van der Waals surface area (Å²) >= 11 is 12.3. The molecule has 2 aromatic carbocycles. The average molecular weight is 513 g/mol. The van der Waals surface area contributed by atoms with E-state index in [1.165, 1.54) is 9.80 Å². The molecule has 0 aromatic heterocycles. The third-order valence-electron chi connectivity index (χ3n) is 6.87. The van der Waals surface area contributed by atoms with Crippen LogP contribution in [0.4, 0.5) is 11.4 Å². The lowest BCUT2D eigenvalue weighted by Gasteiger charge is -2.22. The van der Waals surface area contributed by atoms with Crippen molar-refractivity contribution in [1.82, 2.24) is 0 Å². The molecule has 0 N–H and O–H groups in total. The molecule has 0 spiro atoms. The summed E-state index contributed by atoms with van der Waals surface area (Å²) in [7, 11) is 0. The number of esters is 1. The summed E-state index contributed by atoms with van der Waals surface area (Å²) < 4.78 is 5.49. The Morgan fingerprint density at radius 1 is 1.03 bits per heavy atom. The number of carbonyl (C=O) groups excluding carboxylic acids is 4. The van der Waals surface area contributed by atoms with Crippen LogP contribution < -0.4 is 14.5 Å². The van der Waals surface area contributed by atoms with Crippen LogP contribution in [0.3, 0.4) is 0 Å². The zero-order chi connectivity index (χ0) is 24.9. The van der Waals surface area contributed by atoms with Crippen LogP contribution in [0.15, 0.2) is 54.6 Å². The van der Waals surface area contributed by atoms with Gasteiger partial charge in [0.2, 0.25) is 17.7 Å². The quantitative estimate of drug-likeness (QED) is 0.257. The van der Waals surface area contributed by atoms with E-state index in [2.05, 4.69) is 0 Å². The molecular formula is C26H22Cl2N2O5. The smallest absolute Gasteiger partial charge is 0.316 e. The lowest BCUT2D eigenvalue weighted by molar-refractivity contribution is -0.139. The fraction of sp³-hybridized carbons (Fsp3) is 0.308. The average Bonchev–Trinajstić information content (AvgIpc) is 3.34. The largest absolute Gasteiger partial charge is 0.426 e. The molecule has 0 saturated carbocycles. The highest BCUT2D eigenvalue weighted by molar-refractivity contribution is 6.44. The summed E-state index contributed by atoms with van der Waals surface area (Å²) in [5, 5.41) is 0.575. The normalized spacial score (nSPS) is 25.9. The molecule has 3 amide bonds. The van der Waals surface area contributed by atoms with Crippen LogP contribution in [0, 0.1) is 23.7 Å². The minimum absolute atomic E-state index is 0.00547. The van der Waals surface area contributed by atoms with Gasteiger partial charge in [-0.1, -0.05) is 48.3 Å². The van der Waals surface area contributed by atoms with Crippen LogP contribution in [0.5, 0.6) is 5.75 Å². The highest BCUT2D eigenvalue weighted by Gasteiger charge is 2.50. The molecule has 0 unspecified atom stereocenters. The number of carbonyl (C=O) groups is 4. The van der Waals surface area contributed by atoms with Gasteiger partial charge < -0.3 is 9.64 Å². The second-order valence-corrected chi connectivity index (χ2v) is 9.85. The Hall–Kier alpha value is -3.16. The van der Waals surface area contributed by atoms with Crippen molar-refractivity contribution in [3.05, 3.63) is 64.7 Å². The molecule has 3 aliphatic rings. The van der Waals surface area contributed by atoms with E-state index in [1.54, 1.807) is 42.5 Å². The summed E-state index contributed by atoms with van der Waals surface area (Å²) in [4.78, 5) is 53.8. The summed E-state index contributed by atoms with van der Waals surface area (Å²) in [5.74, 6) is -2.29. The minimum atomic E-state index is -0.670. The number of amides is 3. The van der Waals surface area contributed by atoms with Crippen LogP contribution >= 0.6 is 23.2 Å². The monoisotopic (exact) mass is 512 g/mol. The molecule has 2 fully saturated rings. The van der Waals surface area contributed by atoms with Gasteiger partial charge in [-0.25, -0.2) is 0 Å². The van der Waals surface area contributed by atoms with E-state index >= 15 is 0 Å². The number of hydrogen-bond donors (Lipinski definition) is 0. The Balaban J connectivity index is 1.26. The third kappa shape index (κ3) is 4.13. The van der Waals surface area contributed by atoms with Gasteiger partial charge in [-0.3, -0.25) is 24.1 Å². The minimum Gasteiger partial charge on any atom is -0.426 e. The van der Waals surface area contributed by atoms with Gasteiger partial charge in [0.1, 0.15) is 5.75 Å². The first-order valence-corrected chi connectivity index (χ1v) is 12.1. The van der Waals surface area contributed by atoms with Crippen molar-refractivity contribution < 1.29 is 23.9 Å². The number of hydrogen-bond acceptors (Lipinski definition) is 5.